The van der Waals surface area contributed by atoms with E-state index in [4.69, 9.17) is 5.73 Å². The molecule has 31 heavy (non-hydrogen) atoms. The van der Waals surface area contributed by atoms with E-state index in [9.17, 15) is 8.42 Å². The van der Waals surface area contributed by atoms with Crippen molar-refractivity contribution in [2.24, 2.45) is 0 Å². The molecule has 0 bridgehead atoms. The van der Waals surface area contributed by atoms with Crippen LogP contribution in [0.2, 0.25) is 0 Å². The van der Waals surface area contributed by atoms with Crippen LogP contribution in [0.25, 0.3) is 10.5 Å². The molecule has 2 atom stereocenters. The Morgan fingerprint density at radius 3 is 1.61 bits per heavy atom. The predicted octanol–water partition coefficient (Wildman–Crippen LogP) is 6.97. The molecule has 4 nitrogen and oxygen atoms in total. The fraction of sp³-hybridized carbons (Fsp3) is 0.280. The van der Waals surface area contributed by atoms with E-state index in [2.05, 4.69) is 49.8 Å². The number of hydrogen-bond donors (Lipinski definition) is 0. The van der Waals surface area contributed by atoms with Crippen molar-refractivity contribution >= 4 is 10.0 Å². The number of benzene rings is 3. The van der Waals surface area contributed by atoms with Gasteiger partial charge in [0.2, 0.25) is 0 Å². The Bertz CT molecular complexity index is 993. The fourth-order valence-corrected chi connectivity index (χ4v) is 3.62. The first-order valence-electron chi connectivity index (χ1n) is 9.97. The van der Waals surface area contributed by atoms with Crippen molar-refractivity contribution in [2.45, 2.75) is 38.8 Å². The average molecular weight is 613 g/mol. The summed E-state index contributed by atoms with van der Waals surface area (Å²) in [5, 5.41) is 0. The molecule has 0 aromatic heterocycles. The Morgan fingerprint density at radius 2 is 1.19 bits per heavy atom. The third-order valence-corrected chi connectivity index (χ3v) is 5.27. The van der Waals surface area contributed by atoms with Crippen LogP contribution in [0.3, 0.4) is 0 Å². The van der Waals surface area contributed by atoms with Gasteiger partial charge in [-0.3, -0.25) is 0 Å². The minimum absolute atomic E-state index is 0. The number of nitrogens with zero attached hydrogens (tertiary/aromatic N) is 1. The molecular weight excluding hydrogens is 583 g/mol. The summed E-state index contributed by atoms with van der Waals surface area (Å²) in [5.74, 6) is 0.653. The standard InChI is InChI=1S/C15H16N2O2S.C10H14.Os/c1-20(18,19)17-15(13-10-6-3-7-11-13)14(16)12-8-4-2-5-9-12;1-8(2)10-6-4-9(3)5-7-10;/h2-11,14-16H,1H3;4-8H,1-3H3;/q-2;;+2. The number of nitrogens with one attached hydrogen (secondary N) is 1. The molecule has 0 aliphatic carbocycles. The second-order valence-electron chi connectivity index (χ2n) is 7.65. The second kappa shape index (κ2) is 12.9. The van der Waals surface area contributed by atoms with Crippen LogP contribution in [0.5, 0.6) is 0 Å². The van der Waals surface area contributed by atoms with Gasteiger partial charge in [0, 0.05) is 6.26 Å². The molecule has 0 fully saturated rings. The van der Waals surface area contributed by atoms with Gasteiger partial charge in [0.1, 0.15) is 0 Å². The maximum Gasteiger partial charge on any atom is 2.00 e. The zero-order chi connectivity index (χ0) is 22.1. The van der Waals surface area contributed by atoms with Gasteiger partial charge in [-0.25, -0.2) is 8.42 Å². The normalized spacial score (nSPS) is 12.8. The van der Waals surface area contributed by atoms with Crippen molar-refractivity contribution in [1.82, 2.24) is 0 Å². The van der Waals surface area contributed by atoms with E-state index in [-0.39, 0.29) is 19.8 Å². The van der Waals surface area contributed by atoms with Crippen LogP contribution in [-0.2, 0) is 29.8 Å². The van der Waals surface area contributed by atoms with E-state index in [1.807, 2.05) is 48.5 Å². The summed E-state index contributed by atoms with van der Waals surface area (Å²) < 4.78 is 26.8. The summed E-state index contributed by atoms with van der Waals surface area (Å²) >= 11 is 0. The van der Waals surface area contributed by atoms with Gasteiger partial charge in [0.25, 0.3) is 0 Å². The van der Waals surface area contributed by atoms with E-state index >= 15 is 0 Å². The first-order chi connectivity index (χ1) is 14.2. The molecule has 0 aliphatic rings. The molecule has 3 aromatic carbocycles. The van der Waals surface area contributed by atoms with Gasteiger partial charge in [-0.15, -0.1) is 12.1 Å². The third kappa shape index (κ3) is 9.45. The summed E-state index contributed by atoms with van der Waals surface area (Å²) in [6.45, 7) is 6.54. The predicted molar refractivity (Wildman–Crippen MR) is 126 cm³/mol. The molecule has 6 heteroatoms. The molecule has 0 radical (unpaired) electrons. The van der Waals surface area contributed by atoms with E-state index in [0.717, 1.165) is 17.4 Å². The van der Waals surface area contributed by atoms with Gasteiger partial charge in [-0.2, -0.15) is 0 Å². The Labute approximate surface area is 200 Å². The van der Waals surface area contributed by atoms with Crippen molar-refractivity contribution in [3.8, 4) is 0 Å². The van der Waals surface area contributed by atoms with Crippen LogP contribution < -0.4 is 0 Å². The quantitative estimate of drug-likeness (QED) is 0.302. The zero-order valence-corrected chi connectivity index (χ0v) is 21.7. The SMILES string of the molecule is CS(=O)(=O)[N-]C(c1ccccc1)C([NH-])c1ccccc1.Cc1ccc(C(C)C)cc1.[Os+2]. The molecule has 0 spiro atoms. The van der Waals surface area contributed by atoms with Crippen LogP contribution in [-0.4, -0.2) is 14.7 Å². The Hall–Kier alpha value is -1.83. The number of hydrogen-bond acceptors (Lipinski definition) is 2. The molecule has 0 saturated carbocycles. The van der Waals surface area contributed by atoms with Crippen LogP contribution in [0.1, 0.15) is 54.1 Å². The van der Waals surface area contributed by atoms with Crippen molar-refractivity contribution in [2.75, 3.05) is 6.26 Å². The summed E-state index contributed by atoms with van der Waals surface area (Å²) in [6.07, 6.45) is 1.06. The van der Waals surface area contributed by atoms with Gasteiger partial charge in [-0.1, -0.05) is 115 Å². The minimum Gasteiger partial charge on any atom is -0.672 e. The second-order valence-corrected chi connectivity index (χ2v) is 9.32. The Balaban J connectivity index is 0.000000370. The summed E-state index contributed by atoms with van der Waals surface area (Å²) in [4.78, 5) is 0. The molecule has 166 valence electrons. The van der Waals surface area contributed by atoms with Crippen LogP contribution in [0, 0.1) is 6.92 Å². The van der Waals surface area contributed by atoms with Gasteiger partial charge in [0.15, 0.2) is 0 Å². The average Bonchev–Trinajstić information content (AvgIpc) is 2.73. The van der Waals surface area contributed by atoms with Crippen LogP contribution >= 0.6 is 0 Å². The van der Waals surface area contributed by atoms with Crippen molar-refractivity contribution in [3.63, 3.8) is 0 Å². The molecule has 0 heterocycles. The molecule has 2 unspecified atom stereocenters. The van der Waals surface area contributed by atoms with Crippen LogP contribution in [0.4, 0.5) is 0 Å². The van der Waals surface area contributed by atoms with E-state index in [1.165, 1.54) is 11.1 Å². The summed E-state index contributed by atoms with van der Waals surface area (Å²) in [6, 6.07) is 25.5. The van der Waals surface area contributed by atoms with Gasteiger partial charge in [-0.05, 0) is 18.4 Å². The Morgan fingerprint density at radius 1 is 0.742 bits per heavy atom. The Kier molecular flexibility index (Phi) is 11.3. The van der Waals surface area contributed by atoms with E-state index < -0.39 is 22.1 Å². The number of aryl methyl sites for hydroxylation is 1. The van der Waals surface area contributed by atoms with Crippen molar-refractivity contribution in [3.05, 3.63) is 118 Å². The smallest absolute Gasteiger partial charge is 0.672 e. The van der Waals surface area contributed by atoms with E-state index in [1.54, 1.807) is 12.1 Å². The topological polar surface area (TPSA) is 72.0 Å². The van der Waals surface area contributed by atoms with Crippen molar-refractivity contribution < 1.29 is 28.2 Å². The first-order valence-corrected chi connectivity index (χ1v) is 11.8. The van der Waals surface area contributed by atoms with E-state index in [0.29, 0.717) is 5.92 Å². The molecule has 0 saturated heterocycles. The largest absolute Gasteiger partial charge is 2.00 e. The maximum absolute atomic E-state index is 11.5. The van der Waals surface area contributed by atoms with Gasteiger partial charge in [0.05, 0.1) is 10.0 Å². The summed E-state index contributed by atoms with van der Waals surface area (Å²) in [7, 11) is -3.52. The molecule has 3 rings (SSSR count). The van der Waals surface area contributed by atoms with Gasteiger partial charge < -0.3 is 10.5 Å². The van der Waals surface area contributed by atoms with Gasteiger partial charge >= 0.3 is 19.8 Å². The molecule has 1 N–H and O–H groups in total. The molecular formula is C25H30N2O2OsS. The van der Waals surface area contributed by atoms with Crippen LogP contribution in [0.15, 0.2) is 84.9 Å². The van der Waals surface area contributed by atoms with Crippen molar-refractivity contribution in [1.29, 1.82) is 0 Å². The number of rotatable bonds is 6. The first kappa shape index (κ1) is 27.2. The fourth-order valence-electron chi connectivity index (χ4n) is 2.96. The molecule has 3 aromatic rings. The third-order valence-electron chi connectivity index (χ3n) is 4.66. The monoisotopic (exact) mass is 614 g/mol. The number of sulfonamides is 1. The molecule has 0 amide bonds. The minimum atomic E-state index is -3.52. The maximum atomic E-state index is 11.5. The molecule has 0 aliphatic heterocycles. The summed E-state index contributed by atoms with van der Waals surface area (Å²) in [5.41, 5.74) is 12.6. The zero-order valence-electron chi connectivity index (χ0n) is 18.3.